The van der Waals surface area contributed by atoms with Crippen LogP contribution in [-0.4, -0.2) is 34.2 Å². The molecule has 0 bridgehead atoms. The number of nitrogens with zero attached hydrogens (tertiary/aromatic N) is 1. The Morgan fingerprint density at radius 1 is 1.11 bits per heavy atom. The highest BCUT2D eigenvalue weighted by molar-refractivity contribution is 6.32. The number of aromatic nitrogens is 1. The molecule has 0 aliphatic carbocycles. The molecule has 2 N–H and O–H groups in total. The first-order valence-corrected chi connectivity index (χ1v) is 9.20. The van der Waals surface area contributed by atoms with Gasteiger partial charge in [0.1, 0.15) is 5.54 Å². The van der Waals surface area contributed by atoms with E-state index in [0.29, 0.717) is 21.8 Å². The van der Waals surface area contributed by atoms with E-state index in [1.54, 1.807) is 38.1 Å². The van der Waals surface area contributed by atoms with Gasteiger partial charge in [-0.15, -0.1) is 0 Å². The average molecular weight is 396 g/mol. The van der Waals surface area contributed by atoms with Gasteiger partial charge in [-0.2, -0.15) is 0 Å². The van der Waals surface area contributed by atoms with Gasteiger partial charge in [-0.1, -0.05) is 48.0 Å². The summed E-state index contributed by atoms with van der Waals surface area (Å²) in [6, 6.07) is 13.7. The molecule has 1 saturated heterocycles. The lowest BCUT2D eigenvalue weighted by atomic mass is 9.92. The molecule has 28 heavy (non-hydrogen) atoms. The van der Waals surface area contributed by atoms with Gasteiger partial charge in [-0.25, -0.2) is 4.79 Å². The Morgan fingerprint density at radius 2 is 1.79 bits per heavy atom. The van der Waals surface area contributed by atoms with E-state index in [-0.39, 0.29) is 12.3 Å². The fraction of sp³-hybridized carbons (Fsp3) is 0.190. The fourth-order valence-electron chi connectivity index (χ4n) is 3.75. The molecule has 142 valence electrons. The first kappa shape index (κ1) is 18.3. The molecule has 1 aliphatic rings. The number of aromatic amines is 1. The summed E-state index contributed by atoms with van der Waals surface area (Å²) in [6.45, 7) is 3.05. The molecule has 1 aliphatic heterocycles. The van der Waals surface area contributed by atoms with Crippen molar-refractivity contribution in [3.8, 4) is 0 Å². The number of halogens is 1. The van der Waals surface area contributed by atoms with E-state index in [2.05, 4.69) is 10.3 Å². The van der Waals surface area contributed by atoms with Crippen molar-refractivity contribution in [3.63, 3.8) is 0 Å². The van der Waals surface area contributed by atoms with Crippen LogP contribution in [-0.2, 0) is 10.3 Å². The molecule has 2 heterocycles. The lowest BCUT2D eigenvalue weighted by Gasteiger charge is -2.23. The zero-order chi connectivity index (χ0) is 20.1. The summed E-state index contributed by atoms with van der Waals surface area (Å²) >= 11 is 6.23. The number of para-hydroxylation sites is 1. The number of benzene rings is 2. The van der Waals surface area contributed by atoms with E-state index in [1.165, 1.54) is 0 Å². The summed E-state index contributed by atoms with van der Waals surface area (Å²) in [5.74, 6) is -0.807. The number of urea groups is 1. The highest BCUT2D eigenvalue weighted by Crippen LogP contribution is 2.33. The Hall–Kier alpha value is -3.12. The maximum Gasteiger partial charge on any atom is 0.325 e. The van der Waals surface area contributed by atoms with Gasteiger partial charge in [0.15, 0.2) is 5.78 Å². The van der Waals surface area contributed by atoms with Gasteiger partial charge in [-0.3, -0.25) is 14.5 Å². The minimum absolute atomic E-state index is 0.304. The number of Topliss-reactive ketones (excluding diaryl/α,β-unsaturated/α-hetero) is 1. The molecule has 1 unspecified atom stereocenters. The number of ketones is 1. The molecule has 1 fully saturated rings. The van der Waals surface area contributed by atoms with Gasteiger partial charge in [-0.05, 0) is 26.0 Å². The second kappa shape index (κ2) is 6.49. The molecule has 7 heteroatoms. The van der Waals surface area contributed by atoms with Crippen LogP contribution in [0.25, 0.3) is 10.9 Å². The Bertz CT molecular complexity index is 1140. The summed E-state index contributed by atoms with van der Waals surface area (Å²) in [5, 5.41) is 3.83. The Balaban J connectivity index is 1.66. The number of amides is 3. The molecule has 1 aromatic heterocycles. The molecule has 3 aromatic rings. The second-order valence-corrected chi connectivity index (χ2v) is 7.43. The smallest absolute Gasteiger partial charge is 0.325 e. The number of H-pyrrole nitrogens is 1. The van der Waals surface area contributed by atoms with Crippen LogP contribution in [0.4, 0.5) is 4.79 Å². The van der Waals surface area contributed by atoms with Gasteiger partial charge in [0, 0.05) is 32.7 Å². The minimum atomic E-state index is -1.31. The van der Waals surface area contributed by atoms with Gasteiger partial charge in [0.05, 0.1) is 6.54 Å². The van der Waals surface area contributed by atoms with Crippen molar-refractivity contribution in [2.24, 2.45) is 0 Å². The molecule has 0 radical (unpaired) electrons. The van der Waals surface area contributed by atoms with Gasteiger partial charge < -0.3 is 10.3 Å². The van der Waals surface area contributed by atoms with Crippen molar-refractivity contribution >= 4 is 40.2 Å². The number of aryl methyl sites for hydroxylation is 1. The van der Waals surface area contributed by atoms with Crippen molar-refractivity contribution in [2.45, 2.75) is 19.4 Å². The average Bonchev–Trinajstić information content (AvgIpc) is 3.10. The van der Waals surface area contributed by atoms with Crippen LogP contribution in [0.5, 0.6) is 0 Å². The summed E-state index contributed by atoms with van der Waals surface area (Å²) < 4.78 is 0. The van der Waals surface area contributed by atoms with Crippen molar-refractivity contribution < 1.29 is 14.4 Å². The van der Waals surface area contributed by atoms with Gasteiger partial charge in [0.2, 0.25) is 0 Å². The van der Waals surface area contributed by atoms with Crippen molar-refractivity contribution in [1.82, 2.24) is 15.2 Å². The number of hydrogen-bond donors (Lipinski definition) is 2. The van der Waals surface area contributed by atoms with E-state index in [9.17, 15) is 14.4 Å². The summed E-state index contributed by atoms with van der Waals surface area (Å²) in [5.41, 5.74) is 1.20. The number of nitrogens with one attached hydrogen (secondary N) is 2. The van der Waals surface area contributed by atoms with Crippen LogP contribution in [0.1, 0.15) is 28.5 Å². The Kier molecular flexibility index (Phi) is 4.23. The first-order chi connectivity index (χ1) is 13.3. The lowest BCUT2D eigenvalue weighted by molar-refractivity contribution is -0.130. The van der Waals surface area contributed by atoms with Crippen LogP contribution in [0.2, 0.25) is 5.02 Å². The molecule has 0 saturated carbocycles. The number of imide groups is 1. The minimum Gasteiger partial charge on any atom is -0.358 e. The van der Waals surface area contributed by atoms with E-state index >= 15 is 0 Å². The number of hydrogen-bond acceptors (Lipinski definition) is 3. The first-order valence-electron chi connectivity index (χ1n) is 8.82. The molecule has 4 rings (SSSR count). The zero-order valence-electron chi connectivity index (χ0n) is 15.4. The monoisotopic (exact) mass is 395 g/mol. The molecular formula is C21H18ClN3O3. The van der Waals surface area contributed by atoms with Crippen molar-refractivity contribution in [1.29, 1.82) is 0 Å². The number of rotatable bonds is 4. The SMILES string of the molecule is Cc1[nH]c2ccccc2c1C(=O)CN1C(=O)NC(C)(c2ccccc2Cl)C1=O. The number of carbonyl (C=O) groups is 3. The Morgan fingerprint density at radius 3 is 2.54 bits per heavy atom. The fourth-order valence-corrected chi connectivity index (χ4v) is 4.07. The normalized spacial score (nSPS) is 19.3. The lowest BCUT2D eigenvalue weighted by Crippen LogP contribution is -2.41. The molecule has 6 nitrogen and oxygen atoms in total. The van der Waals surface area contributed by atoms with Crippen molar-refractivity contribution in [2.75, 3.05) is 6.54 Å². The standard InChI is InChI=1S/C21H18ClN3O3/c1-12-18(13-7-3-6-10-16(13)23-12)17(26)11-25-19(27)21(2,24-20(25)28)14-8-4-5-9-15(14)22/h3-10,23H,11H2,1-2H3,(H,24,28). The highest BCUT2D eigenvalue weighted by atomic mass is 35.5. The zero-order valence-corrected chi connectivity index (χ0v) is 16.1. The maximum absolute atomic E-state index is 13.1. The van der Waals surface area contributed by atoms with Gasteiger partial charge in [0.25, 0.3) is 5.91 Å². The van der Waals surface area contributed by atoms with Crippen LogP contribution in [0.15, 0.2) is 48.5 Å². The maximum atomic E-state index is 13.1. The van der Waals surface area contributed by atoms with E-state index < -0.39 is 17.5 Å². The molecule has 0 spiro atoms. The number of fused-ring (bicyclic) bond motifs is 1. The second-order valence-electron chi connectivity index (χ2n) is 7.02. The van der Waals surface area contributed by atoms with Gasteiger partial charge >= 0.3 is 6.03 Å². The van der Waals surface area contributed by atoms with E-state index in [1.807, 2.05) is 24.3 Å². The predicted octanol–water partition coefficient (Wildman–Crippen LogP) is 3.78. The summed E-state index contributed by atoms with van der Waals surface area (Å²) in [4.78, 5) is 42.7. The van der Waals surface area contributed by atoms with Crippen LogP contribution >= 0.6 is 11.6 Å². The molecule has 2 aromatic carbocycles. The number of carbonyl (C=O) groups excluding carboxylic acids is 3. The van der Waals surface area contributed by atoms with Crippen LogP contribution in [0, 0.1) is 6.92 Å². The predicted molar refractivity (Wildman–Crippen MR) is 106 cm³/mol. The molecule has 1 atom stereocenters. The van der Waals surface area contributed by atoms with Crippen LogP contribution < -0.4 is 5.32 Å². The Labute approximate surface area is 166 Å². The molecule has 3 amide bonds. The van der Waals surface area contributed by atoms with E-state index in [4.69, 9.17) is 11.6 Å². The van der Waals surface area contributed by atoms with Crippen molar-refractivity contribution in [3.05, 3.63) is 70.4 Å². The molecular weight excluding hydrogens is 378 g/mol. The van der Waals surface area contributed by atoms with Crippen LogP contribution in [0.3, 0.4) is 0 Å². The third-order valence-corrected chi connectivity index (χ3v) is 5.49. The third kappa shape index (κ3) is 2.68. The summed E-state index contributed by atoms with van der Waals surface area (Å²) in [6.07, 6.45) is 0. The van der Waals surface area contributed by atoms with E-state index in [0.717, 1.165) is 15.8 Å². The summed E-state index contributed by atoms with van der Waals surface area (Å²) in [7, 11) is 0. The third-order valence-electron chi connectivity index (χ3n) is 5.16. The topological polar surface area (TPSA) is 82.3 Å². The largest absolute Gasteiger partial charge is 0.358 e. The quantitative estimate of drug-likeness (QED) is 0.521. The highest BCUT2D eigenvalue weighted by Gasteiger charge is 2.50.